The quantitative estimate of drug-likeness (QED) is 0.611. The molecule has 0 aliphatic heterocycles. The van der Waals surface area contributed by atoms with Crippen molar-refractivity contribution in [3.63, 3.8) is 0 Å². The summed E-state index contributed by atoms with van der Waals surface area (Å²) in [6.07, 6.45) is 5.46. The van der Waals surface area contributed by atoms with E-state index in [9.17, 15) is 5.11 Å². The first-order chi connectivity index (χ1) is 11.6. The Kier molecular flexibility index (Phi) is 3.09. The van der Waals surface area contributed by atoms with Crippen LogP contribution in [0.4, 0.5) is 0 Å². The number of fused-ring (bicyclic) bond motifs is 2. The topological polar surface area (TPSA) is 85.4 Å². The second-order valence-corrected chi connectivity index (χ2v) is 5.58. The number of nitrogens with zero attached hydrogens (tertiary/aromatic N) is 5. The van der Waals surface area contributed by atoms with Crippen molar-refractivity contribution in [2.45, 2.75) is 13.8 Å². The average molecular weight is 321 g/mol. The number of rotatable bonds is 2. The van der Waals surface area contributed by atoms with E-state index in [0.717, 1.165) is 22.5 Å². The van der Waals surface area contributed by atoms with Crippen LogP contribution in [0.15, 0.2) is 30.7 Å². The van der Waals surface area contributed by atoms with Gasteiger partial charge < -0.3 is 14.2 Å². The fraction of sp³-hybridized carbons (Fsp3) is 0.176. The van der Waals surface area contributed by atoms with Gasteiger partial charge >= 0.3 is 0 Å². The number of aromatic hydroxyl groups is 1. The maximum Gasteiger partial charge on any atom is 0.211 e. The van der Waals surface area contributed by atoms with E-state index >= 15 is 0 Å². The van der Waals surface area contributed by atoms with Gasteiger partial charge in [0.2, 0.25) is 5.88 Å². The summed E-state index contributed by atoms with van der Waals surface area (Å²) in [5.41, 5.74) is 4.66. The Hall–Kier alpha value is -3.22. The number of aryl methyl sites for hydroxylation is 2. The molecule has 0 spiro atoms. The minimum absolute atomic E-state index is 0.0532. The molecule has 0 unspecified atom stereocenters. The van der Waals surface area contributed by atoms with Crippen LogP contribution >= 0.6 is 0 Å². The second-order valence-electron chi connectivity index (χ2n) is 5.58. The summed E-state index contributed by atoms with van der Waals surface area (Å²) in [7, 11) is 1.62. The summed E-state index contributed by atoms with van der Waals surface area (Å²) in [5.74, 6) is 1.17. The van der Waals surface area contributed by atoms with Crippen molar-refractivity contribution in [3.05, 3.63) is 42.0 Å². The van der Waals surface area contributed by atoms with E-state index in [1.54, 1.807) is 19.4 Å². The summed E-state index contributed by atoms with van der Waals surface area (Å²) in [5, 5.41) is 9.46. The molecule has 0 aliphatic carbocycles. The van der Waals surface area contributed by atoms with Crippen molar-refractivity contribution >= 4 is 16.7 Å². The highest BCUT2D eigenvalue weighted by molar-refractivity contribution is 5.78. The first-order valence-corrected chi connectivity index (χ1v) is 7.43. The third-order valence-electron chi connectivity index (χ3n) is 3.91. The maximum absolute atomic E-state index is 9.46. The molecule has 1 N–H and O–H groups in total. The van der Waals surface area contributed by atoms with Gasteiger partial charge in [-0.15, -0.1) is 0 Å². The largest absolute Gasteiger partial charge is 0.496 e. The van der Waals surface area contributed by atoms with E-state index in [1.165, 1.54) is 6.07 Å². The zero-order valence-electron chi connectivity index (χ0n) is 13.5. The van der Waals surface area contributed by atoms with E-state index in [-0.39, 0.29) is 5.88 Å². The molecule has 0 bridgehead atoms. The van der Waals surface area contributed by atoms with Crippen LogP contribution < -0.4 is 4.74 Å². The molecule has 0 fully saturated rings. The number of methoxy groups -OCH3 is 1. The predicted octanol–water partition coefficient (Wildman–Crippen LogP) is 2.67. The van der Waals surface area contributed by atoms with Crippen molar-refractivity contribution < 1.29 is 9.84 Å². The molecule has 0 amide bonds. The van der Waals surface area contributed by atoms with E-state index in [2.05, 4.69) is 19.9 Å². The molecule has 0 aromatic carbocycles. The Bertz CT molecular complexity index is 1090. The van der Waals surface area contributed by atoms with Crippen molar-refractivity contribution in [2.75, 3.05) is 7.11 Å². The van der Waals surface area contributed by atoms with Crippen LogP contribution in [0.25, 0.3) is 28.1 Å². The Morgan fingerprint density at radius 1 is 1.04 bits per heavy atom. The van der Waals surface area contributed by atoms with Crippen molar-refractivity contribution in [3.8, 4) is 23.0 Å². The zero-order valence-corrected chi connectivity index (χ0v) is 13.5. The van der Waals surface area contributed by atoms with Gasteiger partial charge in [-0.1, -0.05) is 0 Å². The molecule has 4 rings (SSSR count). The highest BCUT2D eigenvalue weighted by Gasteiger charge is 2.17. The summed E-state index contributed by atoms with van der Waals surface area (Å²) >= 11 is 0. The van der Waals surface area contributed by atoms with Gasteiger partial charge in [-0.05, 0) is 19.9 Å². The molecule has 7 heteroatoms. The van der Waals surface area contributed by atoms with Gasteiger partial charge in [0.05, 0.1) is 30.1 Å². The van der Waals surface area contributed by atoms with E-state index in [1.807, 2.05) is 30.6 Å². The van der Waals surface area contributed by atoms with Crippen LogP contribution in [-0.2, 0) is 0 Å². The Labute approximate surface area is 137 Å². The lowest BCUT2D eigenvalue weighted by Crippen LogP contribution is -2.00. The fourth-order valence-electron chi connectivity index (χ4n) is 2.86. The third-order valence-corrected chi connectivity index (χ3v) is 3.91. The number of pyridine rings is 2. The fourth-order valence-corrected chi connectivity index (χ4v) is 2.86. The van der Waals surface area contributed by atoms with E-state index in [4.69, 9.17) is 4.74 Å². The molecular formula is C17H15N5O2. The molecular weight excluding hydrogens is 306 g/mol. The molecule has 24 heavy (non-hydrogen) atoms. The zero-order chi connectivity index (χ0) is 16.8. The molecule has 0 saturated carbocycles. The molecule has 4 aromatic heterocycles. The van der Waals surface area contributed by atoms with Crippen LogP contribution in [0.2, 0.25) is 0 Å². The second kappa shape index (κ2) is 5.16. The van der Waals surface area contributed by atoms with Gasteiger partial charge in [-0.3, -0.25) is 0 Å². The molecule has 4 heterocycles. The summed E-state index contributed by atoms with van der Waals surface area (Å²) in [6, 6.07) is 3.21. The summed E-state index contributed by atoms with van der Waals surface area (Å²) in [4.78, 5) is 17.5. The minimum atomic E-state index is -0.0532. The van der Waals surface area contributed by atoms with Crippen LogP contribution in [-0.4, -0.2) is 36.6 Å². The molecule has 0 aliphatic rings. The highest BCUT2D eigenvalue weighted by atomic mass is 16.5. The van der Waals surface area contributed by atoms with Crippen LogP contribution in [0.3, 0.4) is 0 Å². The van der Waals surface area contributed by atoms with Gasteiger partial charge in [-0.2, -0.15) is 0 Å². The molecule has 0 radical (unpaired) electrons. The summed E-state index contributed by atoms with van der Waals surface area (Å²) in [6.45, 7) is 3.91. The van der Waals surface area contributed by atoms with Gasteiger partial charge in [0.15, 0.2) is 5.82 Å². The SMILES string of the molecule is COc1c(-c2ncc3nc(O)ccc3n2)cn2cc(C)nc2c1C. The predicted molar refractivity (Wildman–Crippen MR) is 89.2 cm³/mol. The smallest absolute Gasteiger partial charge is 0.211 e. The van der Waals surface area contributed by atoms with Crippen LogP contribution in [0, 0.1) is 13.8 Å². The standard InChI is InChI=1S/C17H15N5O2/c1-9-7-22-8-11(15(24-3)10(2)17(22)19-9)16-18-6-13-12(21-16)4-5-14(23)20-13/h4-8H,1-3H3,(H,20,23). The lowest BCUT2D eigenvalue weighted by molar-refractivity contribution is 0.413. The average Bonchev–Trinajstić information content (AvgIpc) is 2.95. The Morgan fingerprint density at radius 3 is 2.67 bits per heavy atom. The molecule has 0 atom stereocenters. The number of ether oxygens (including phenoxy) is 1. The monoisotopic (exact) mass is 321 g/mol. The third kappa shape index (κ3) is 2.13. The Morgan fingerprint density at radius 2 is 1.88 bits per heavy atom. The van der Waals surface area contributed by atoms with E-state index in [0.29, 0.717) is 22.6 Å². The lowest BCUT2D eigenvalue weighted by Gasteiger charge is -2.12. The van der Waals surface area contributed by atoms with Crippen LogP contribution in [0.1, 0.15) is 11.3 Å². The molecule has 7 nitrogen and oxygen atoms in total. The molecule has 120 valence electrons. The van der Waals surface area contributed by atoms with Crippen molar-refractivity contribution in [1.29, 1.82) is 0 Å². The van der Waals surface area contributed by atoms with Gasteiger partial charge in [0.1, 0.15) is 16.9 Å². The van der Waals surface area contributed by atoms with E-state index < -0.39 is 0 Å². The Balaban J connectivity index is 1.99. The number of hydrogen-bond donors (Lipinski definition) is 1. The number of imidazole rings is 1. The normalized spacial score (nSPS) is 11.3. The number of aromatic nitrogens is 5. The van der Waals surface area contributed by atoms with Crippen molar-refractivity contribution in [1.82, 2.24) is 24.3 Å². The minimum Gasteiger partial charge on any atom is -0.496 e. The highest BCUT2D eigenvalue weighted by Crippen LogP contribution is 2.33. The van der Waals surface area contributed by atoms with Gasteiger partial charge in [0, 0.05) is 24.0 Å². The van der Waals surface area contributed by atoms with Gasteiger partial charge in [0.25, 0.3) is 0 Å². The molecule has 0 saturated heterocycles. The maximum atomic E-state index is 9.46. The first-order valence-electron chi connectivity index (χ1n) is 7.43. The van der Waals surface area contributed by atoms with Crippen molar-refractivity contribution in [2.24, 2.45) is 0 Å². The summed E-state index contributed by atoms with van der Waals surface area (Å²) < 4.78 is 7.54. The molecule has 4 aromatic rings. The first kappa shape index (κ1) is 14.4. The lowest BCUT2D eigenvalue weighted by atomic mass is 10.1. The van der Waals surface area contributed by atoms with Crippen LogP contribution in [0.5, 0.6) is 11.6 Å². The number of hydrogen-bond acceptors (Lipinski definition) is 6. The van der Waals surface area contributed by atoms with Gasteiger partial charge in [-0.25, -0.2) is 19.9 Å².